The highest BCUT2D eigenvalue weighted by atomic mass is 127. The fraction of sp³-hybridized carbons (Fsp3) is 0.667. The lowest BCUT2D eigenvalue weighted by molar-refractivity contribution is 0.0205. The summed E-state index contributed by atoms with van der Waals surface area (Å²) in [4.78, 5) is 6.45. The van der Waals surface area contributed by atoms with Crippen LogP contribution in [0.2, 0.25) is 0 Å². The third kappa shape index (κ3) is 11.1. The summed E-state index contributed by atoms with van der Waals surface area (Å²) in [6, 6.07) is 8.19. The van der Waals surface area contributed by atoms with Gasteiger partial charge in [-0.2, -0.15) is 0 Å². The number of ether oxygens (including phenoxy) is 2. The normalized spacial score (nSPS) is 13.1. The Morgan fingerprint density at radius 3 is 2.29 bits per heavy atom. The molecule has 0 aliphatic carbocycles. The molecule has 162 valence electrons. The predicted octanol–water partition coefficient (Wildman–Crippen LogP) is 3.36. The molecule has 0 aromatic heterocycles. The van der Waals surface area contributed by atoms with E-state index in [0.717, 1.165) is 31.3 Å². The molecule has 1 unspecified atom stereocenters. The van der Waals surface area contributed by atoms with Gasteiger partial charge >= 0.3 is 0 Å². The Kier molecular flexibility index (Phi) is 13.5. The molecule has 6 nitrogen and oxygen atoms in total. The second-order valence-electron chi connectivity index (χ2n) is 8.05. The van der Waals surface area contributed by atoms with Crippen LogP contribution in [-0.2, 0) is 11.3 Å². The van der Waals surface area contributed by atoms with Crippen molar-refractivity contribution < 1.29 is 9.47 Å². The summed E-state index contributed by atoms with van der Waals surface area (Å²) >= 11 is 0. The lowest BCUT2D eigenvalue weighted by Crippen LogP contribution is -2.45. The van der Waals surface area contributed by atoms with Crippen LogP contribution in [0.3, 0.4) is 0 Å². The molecule has 0 spiro atoms. The van der Waals surface area contributed by atoms with Crippen molar-refractivity contribution in [2.24, 2.45) is 10.4 Å². The standard InChI is InChI=1S/C21H38N4O2.HI/c1-21(2,3)19(26-7)16-24-20(22-4)23-15-17-9-11-18(12-10-17)27-14-8-13-25(5)6;/h9-12,19H,8,13-16H2,1-7H3,(H2,22,23,24);1H. The second kappa shape index (κ2) is 14.0. The number of methoxy groups -OCH3 is 1. The molecular weight excluding hydrogens is 467 g/mol. The van der Waals surface area contributed by atoms with Crippen LogP contribution in [0.15, 0.2) is 29.3 Å². The molecule has 0 heterocycles. The average Bonchev–Trinajstić information content (AvgIpc) is 2.61. The van der Waals surface area contributed by atoms with E-state index in [9.17, 15) is 0 Å². The summed E-state index contributed by atoms with van der Waals surface area (Å²) in [6.07, 6.45) is 1.13. The molecule has 1 aromatic rings. The van der Waals surface area contributed by atoms with Crippen molar-refractivity contribution in [3.05, 3.63) is 29.8 Å². The molecule has 0 aliphatic heterocycles. The lowest BCUT2D eigenvalue weighted by Gasteiger charge is -2.30. The summed E-state index contributed by atoms with van der Waals surface area (Å²) in [5.74, 6) is 1.68. The number of aliphatic imine (C=N–C) groups is 1. The van der Waals surface area contributed by atoms with Crippen molar-refractivity contribution in [3.63, 3.8) is 0 Å². The SMILES string of the molecule is CN=C(NCc1ccc(OCCCN(C)C)cc1)NCC(OC)C(C)(C)C.I. The lowest BCUT2D eigenvalue weighted by atomic mass is 9.89. The van der Waals surface area contributed by atoms with Crippen molar-refractivity contribution >= 4 is 29.9 Å². The summed E-state index contributed by atoms with van der Waals surface area (Å²) in [5, 5.41) is 6.68. The van der Waals surface area contributed by atoms with Crippen molar-refractivity contribution in [2.45, 2.75) is 39.8 Å². The Hall–Kier alpha value is -1.06. The van der Waals surface area contributed by atoms with Crippen LogP contribution in [0, 0.1) is 5.41 Å². The number of rotatable bonds is 10. The highest BCUT2D eigenvalue weighted by Gasteiger charge is 2.24. The molecule has 0 saturated heterocycles. The van der Waals surface area contributed by atoms with Gasteiger partial charge in [-0.1, -0.05) is 32.9 Å². The fourth-order valence-corrected chi connectivity index (χ4v) is 2.61. The molecule has 1 aromatic carbocycles. The van der Waals surface area contributed by atoms with Crippen molar-refractivity contribution in [1.29, 1.82) is 0 Å². The molecule has 2 N–H and O–H groups in total. The van der Waals surface area contributed by atoms with Gasteiger partial charge in [0.05, 0.1) is 12.7 Å². The number of guanidine groups is 1. The Morgan fingerprint density at radius 1 is 1.14 bits per heavy atom. The van der Waals surface area contributed by atoms with E-state index in [2.05, 4.69) is 67.5 Å². The minimum atomic E-state index is 0. The van der Waals surface area contributed by atoms with Gasteiger partial charge in [-0.15, -0.1) is 24.0 Å². The van der Waals surface area contributed by atoms with Gasteiger partial charge in [-0.3, -0.25) is 4.99 Å². The first kappa shape index (κ1) is 26.9. The van der Waals surface area contributed by atoms with Crippen LogP contribution in [0.5, 0.6) is 5.75 Å². The summed E-state index contributed by atoms with van der Waals surface area (Å²) < 4.78 is 11.3. The maximum Gasteiger partial charge on any atom is 0.191 e. The fourth-order valence-electron chi connectivity index (χ4n) is 2.61. The van der Waals surface area contributed by atoms with E-state index in [4.69, 9.17) is 9.47 Å². The molecule has 0 fully saturated rings. The van der Waals surface area contributed by atoms with Gasteiger partial charge in [0.25, 0.3) is 0 Å². The average molecular weight is 506 g/mol. The molecule has 0 saturated carbocycles. The molecule has 7 heteroatoms. The molecule has 0 bridgehead atoms. The summed E-state index contributed by atoms with van der Waals surface area (Å²) in [6.45, 7) is 9.69. The van der Waals surface area contributed by atoms with E-state index in [1.54, 1.807) is 14.2 Å². The zero-order chi connectivity index (χ0) is 20.3. The maximum absolute atomic E-state index is 5.77. The zero-order valence-corrected chi connectivity index (χ0v) is 20.9. The van der Waals surface area contributed by atoms with Gasteiger partial charge in [0.15, 0.2) is 5.96 Å². The highest BCUT2D eigenvalue weighted by Crippen LogP contribution is 2.20. The molecule has 0 aliphatic rings. The van der Waals surface area contributed by atoms with Crippen LogP contribution in [0.1, 0.15) is 32.8 Å². The van der Waals surface area contributed by atoms with Gasteiger partial charge in [-0.25, -0.2) is 0 Å². The van der Waals surface area contributed by atoms with E-state index in [1.165, 1.54) is 5.56 Å². The number of nitrogens with zero attached hydrogens (tertiary/aromatic N) is 2. The summed E-state index contributed by atoms with van der Waals surface area (Å²) in [5.41, 5.74) is 1.25. The van der Waals surface area contributed by atoms with E-state index >= 15 is 0 Å². The van der Waals surface area contributed by atoms with E-state index in [0.29, 0.717) is 13.1 Å². The number of hydrogen-bond donors (Lipinski definition) is 2. The Labute approximate surface area is 188 Å². The summed E-state index contributed by atoms with van der Waals surface area (Å²) in [7, 11) is 7.67. The molecule has 1 rings (SSSR count). The first-order valence-electron chi connectivity index (χ1n) is 9.60. The Bertz CT molecular complexity index is 557. The Balaban J connectivity index is 0.00000729. The van der Waals surface area contributed by atoms with Crippen LogP contribution < -0.4 is 15.4 Å². The van der Waals surface area contributed by atoms with Gasteiger partial charge < -0.3 is 25.0 Å². The quantitative estimate of drug-likeness (QED) is 0.221. The maximum atomic E-state index is 5.77. The van der Waals surface area contributed by atoms with Crippen LogP contribution >= 0.6 is 24.0 Å². The van der Waals surface area contributed by atoms with E-state index < -0.39 is 0 Å². The van der Waals surface area contributed by atoms with E-state index in [-0.39, 0.29) is 35.5 Å². The first-order chi connectivity index (χ1) is 12.8. The van der Waals surface area contributed by atoms with Gasteiger partial charge in [0.2, 0.25) is 0 Å². The minimum Gasteiger partial charge on any atom is -0.494 e. The molecule has 0 amide bonds. The topological polar surface area (TPSA) is 58.1 Å². The van der Waals surface area contributed by atoms with Gasteiger partial charge in [0.1, 0.15) is 5.75 Å². The van der Waals surface area contributed by atoms with Crippen molar-refractivity contribution in [2.75, 3.05) is 47.9 Å². The van der Waals surface area contributed by atoms with Crippen LogP contribution in [0.4, 0.5) is 0 Å². The number of nitrogens with one attached hydrogen (secondary N) is 2. The van der Waals surface area contributed by atoms with Crippen molar-refractivity contribution in [1.82, 2.24) is 15.5 Å². The Morgan fingerprint density at radius 2 is 1.79 bits per heavy atom. The molecular formula is C21H39IN4O2. The minimum absolute atomic E-state index is 0. The largest absolute Gasteiger partial charge is 0.494 e. The van der Waals surface area contributed by atoms with Crippen LogP contribution in [0.25, 0.3) is 0 Å². The highest BCUT2D eigenvalue weighted by molar-refractivity contribution is 14.0. The third-order valence-corrected chi connectivity index (χ3v) is 4.33. The number of hydrogen-bond acceptors (Lipinski definition) is 4. The predicted molar refractivity (Wildman–Crippen MR) is 129 cm³/mol. The third-order valence-electron chi connectivity index (χ3n) is 4.33. The van der Waals surface area contributed by atoms with Crippen LogP contribution in [-0.4, -0.2) is 64.9 Å². The zero-order valence-electron chi connectivity index (χ0n) is 18.5. The monoisotopic (exact) mass is 506 g/mol. The molecule has 28 heavy (non-hydrogen) atoms. The van der Waals surface area contributed by atoms with Crippen molar-refractivity contribution in [3.8, 4) is 5.75 Å². The number of halogens is 1. The van der Waals surface area contributed by atoms with E-state index in [1.807, 2.05) is 12.1 Å². The molecule has 0 radical (unpaired) electrons. The second-order valence-corrected chi connectivity index (χ2v) is 8.05. The number of benzene rings is 1. The smallest absolute Gasteiger partial charge is 0.191 e. The van der Waals surface area contributed by atoms with Gasteiger partial charge in [-0.05, 0) is 43.6 Å². The van der Waals surface area contributed by atoms with Gasteiger partial charge in [0, 0.05) is 33.8 Å². The molecule has 1 atom stereocenters. The first-order valence-corrected chi connectivity index (χ1v) is 9.60.